The van der Waals surface area contributed by atoms with Gasteiger partial charge >= 0.3 is 11.7 Å². The summed E-state index contributed by atoms with van der Waals surface area (Å²) in [6, 6.07) is 14.2. The van der Waals surface area contributed by atoms with Gasteiger partial charge in [0.25, 0.3) is 0 Å². The van der Waals surface area contributed by atoms with Crippen molar-refractivity contribution in [3.63, 3.8) is 0 Å². The van der Waals surface area contributed by atoms with Crippen molar-refractivity contribution in [2.75, 3.05) is 6.61 Å². The van der Waals surface area contributed by atoms with Crippen molar-refractivity contribution in [2.24, 2.45) is 0 Å². The van der Waals surface area contributed by atoms with E-state index in [1.807, 2.05) is 37.3 Å². The molecule has 0 aliphatic heterocycles. The molecule has 0 aliphatic rings. The summed E-state index contributed by atoms with van der Waals surface area (Å²) in [4.78, 5) is 16.0. The van der Waals surface area contributed by atoms with E-state index in [1.165, 1.54) is 17.1 Å². The maximum atomic E-state index is 11.9. The van der Waals surface area contributed by atoms with Gasteiger partial charge in [0.2, 0.25) is 0 Å². The summed E-state index contributed by atoms with van der Waals surface area (Å²) in [6.07, 6.45) is 0.662. The molecule has 0 aromatic heterocycles. The molecule has 1 atom stereocenters. The third-order valence-corrected chi connectivity index (χ3v) is 4.63. The second kappa shape index (κ2) is 7.78. The lowest BCUT2D eigenvalue weighted by Crippen LogP contribution is -2.28. The number of carbonyl (C=O) groups is 1. The van der Waals surface area contributed by atoms with Crippen LogP contribution in [0.5, 0.6) is 0 Å². The first-order valence-electron chi connectivity index (χ1n) is 7.24. The zero-order valence-electron chi connectivity index (χ0n) is 12.7. The normalized spacial score (nSPS) is 11.7. The van der Waals surface area contributed by atoms with Crippen molar-refractivity contribution >= 4 is 34.2 Å². The lowest BCUT2D eigenvalue weighted by atomic mass is 10.1. The molecular formula is C17H18N2O2S. The predicted octanol–water partition coefficient (Wildman–Crippen LogP) is 3.94. The number of hydrogen-bond acceptors (Lipinski definition) is 3. The van der Waals surface area contributed by atoms with Crippen LogP contribution in [0.4, 0.5) is 0 Å². The Morgan fingerprint density at radius 2 is 1.95 bits per heavy atom. The average Bonchev–Trinajstić information content (AvgIpc) is 2.54. The van der Waals surface area contributed by atoms with Crippen LogP contribution in [-0.4, -0.2) is 28.3 Å². The van der Waals surface area contributed by atoms with Gasteiger partial charge in [0.1, 0.15) is 5.25 Å². The Kier molecular flexibility index (Phi) is 5.75. The highest BCUT2D eigenvalue weighted by atomic mass is 32.2. The molecule has 0 amide bonds. The quantitative estimate of drug-likeness (QED) is 0.267. The van der Waals surface area contributed by atoms with Crippen LogP contribution < -0.4 is 0 Å². The molecule has 0 fully saturated rings. The lowest BCUT2D eigenvalue weighted by molar-refractivity contribution is -0.140. The molecule has 0 heterocycles. The molecule has 0 bridgehead atoms. The molecule has 0 radical (unpaired) electrons. The SMILES string of the molecule is CCOC(=O)C(=[N+]=[N-])C(CC)Sc1ccc2ccccc2c1. The lowest BCUT2D eigenvalue weighted by Gasteiger charge is -2.10. The fraction of sp³-hybridized carbons (Fsp3) is 0.294. The largest absolute Gasteiger partial charge is 0.457 e. The summed E-state index contributed by atoms with van der Waals surface area (Å²) < 4.78 is 4.94. The number of hydrogen-bond donors (Lipinski definition) is 0. The molecule has 0 N–H and O–H groups in total. The number of carbonyl (C=O) groups excluding carboxylic acids is 1. The fourth-order valence-corrected chi connectivity index (χ4v) is 3.27. The minimum absolute atomic E-state index is 0.0579. The van der Waals surface area contributed by atoms with Crippen LogP contribution in [0, 0.1) is 0 Å². The van der Waals surface area contributed by atoms with Gasteiger partial charge in [0, 0.05) is 4.90 Å². The number of thioether (sulfide) groups is 1. The van der Waals surface area contributed by atoms with Crippen LogP contribution in [-0.2, 0) is 9.53 Å². The summed E-state index contributed by atoms with van der Waals surface area (Å²) in [5.41, 5.74) is 9.21. The van der Waals surface area contributed by atoms with E-state index in [0.29, 0.717) is 6.42 Å². The highest BCUT2D eigenvalue weighted by molar-refractivity contribution is 8.00. The first-order valence-corrected chi connectivity index (χ1v) is 8.12. The summed E-state index contributed by atoms with van der Waals surface area (Å²) in [5, 5.41) is 2.06. The second-order valence-corrected chi connectivity index (χ2v) is 6.01. The van der Waals surface area contributed by atoms with E-state index in [4.69, 9.17) is 10.3 Å². The number of benzene rings is 2. The molecular weight excluding hydrogens is 296 g/mol. The summed E-state index contributed by atoms with van der Waals surface area (Å²) in [5.74, 6) is -0.565. The van der Waals surface area contributed by atoms with Gasteiger partial charge in [0.05, 0.1) is 6.61 Å². The van der Waals surface area contributed by atoms with Crippen LogP contribution in [0.25, 0.3) is 16.3 Å². The molecule has 2 aromatic carbocycles. The zero-order chi connectivity index (χ0) is 15.9. The van der Waals surface area contributed by atoms with Crippen molar-refractivity contribution in [3.8, 4) is 0 Å². The van der Waals surface area contributed by atoms with Gasteiger partial charge in [-0.05, 0) is 36.2 Å². The zero-order valence-corrected chi connectivity index (χ0v) is 13.5. The Bertz CT molecular complexity index is 723. The smallest absolute Gasteiger partial charge is 0.418 e. The first kappa shape index (κ1) is 16.3. The third-order valence-electron chi connectivity index (χ3n) is 3.27. The second-order valence-electron chi connectivity index (χ2n) is 4.73. The van der Waals surface area contributed by atoms with E-state index in [0.717, 1.165) is 10.3 Å². The van der Waals surface area contributed by atoms with Gasteiger partial charge in [-0.3, -0.25) is 0 Å². The average molecular weight is 314 g/mol. The van der Waals surface area contributed by atoms with Gasteiger partial charge in [-0.25, -0.2) is 4.79 Å². The first-order chi connectivity index (χ1) is 10.7. The van der Waals surface area contributed by atoms with Gasteiger partial charge in [-0.2, -0.15) is 4.79 Å². The number of ether oxygens (including phenoxy) is 1. The van der Waals surface area contributed by atoms with Crippen molar-refractivity contribution in [2.45, 2.75) is 30.4 Å². The summed E-state index contributed by atoms with van der Waals surface area (Å²) in [6.45, 7) is 3.93. The van der Waals surface area contributed by atoms with Crippen LogP contribution >= 0.6 is 11.8 Å². The fourth-order valence-electron chi connectivity index (χ4n) is 2.18. The predicted molar refractivity (Wildman–Crippen MR) is 89.1 cm³/mol. The van der Waals surface area contributed by atoms with Crippen molar-refractivity contribution in [1.29, 1.82) is 0 Å². The number of rotatable bonds is 6. The van der Waals surface area contributed by atoms with Gasteiger partial charge in [0.15, 0.2) is 0 Å². The maximum absolute atomic E-state index is 11.9. The molecule has 4 nitrogen and oxygen atoms in total. The molecule has 22 heavy (non-hydrogen) atoms. The minimum Gasteiger partial charge on any atom is -0.457 e. The number of esters is 1. The molecule has 2 aromatic rings. The molecule has 114 valence electrons. The monoisotopic (exact) mass is 314 g/mol. The molecule has 0 saturated heterocycles. The molecule has 0 saturated carbocycles. The van der Waals surface area contributed by atoms with Crippen LogP contribution in [0.2, 0.25) is 0 Å². The standard InChI is InChI=1S/C17H18N2O2S/c1-3-15(16(19-18)17(20)21-4-2)22-14-10-9-12-7-5-6-8-13(12)11-14/h5-11,15H,3-4H2,1-2H3. The summed E-state index contributed by atoms with van der Waals surface area (Å²) >= 11 is 1.50. The summed E-state index contributed by atoms with van der Waals surface area (Å²) in [7, 11) is 0. The van der Waals surface area contributed by atoms with E-state index in [9.17, 15) is 4.79 Å². The molecule has 2 rings (SSSR count). The molecule has 0 aliphatic carbocycles. The van der Waals surface area contributed by atoms with Gasteiger partial charge < -0.3 is 10.3 Å². The molecule has 1 unspecified atom stereocenters. The minimum atomic E-state index is -0.565. The Labute approximate surface area is 134 Å². The Morgan fingerprint density at radius 3 is 2.59 bits per heavy atom. The van der Waals surface area contributed by atoms with Crippen LogP contribution in [0.1, 0.15) is 20.3 Å². The van der Waals surface area contributed by atoms with Crippen LogP contribution in [0.3, 0.4) is 0 Å². The van der Waals surface area contributed by atoms with Gasteiger partial charge in [-0.15, -0.1) is 11.8 Å². The van der Waals surface area contributed by atoms with E-state index in [1.54, 1.807) is 6.92 Å². The number of fused-ring (bicyclic) bond motifs is 1. The number of nitrogens with zero attached hydrogens (tertiary/aromatic N) is 2. The van der Waals surface area contributed by atoms with E-state index in [-0.39, 0.29) is 17.6 Å². The van der Waals surface area contributed by atoms with Gasteiger partial charge in [-0.1, -0.05) is 37.3 Å². The Hall–Kier alpha value is -2.10. The topological polar surface area (TPSA) is 62.7 Å². The van der Waals surface area contributed by atoms with Crippen molar-refractivity contribution in [3.05, 3.63) is 48.0 Å². The Balaban J connectivity index is 2.24. The third kappa shape index (κ3) is 3.75. The Morgan fingerprint density at radius 1 is 1.23 bits per heavy atom. The highest BCUT2D eigenvalue weighted by Crippen LogP contribution is 2.29. The van der Waals surface area contributed by atoms with E-state index < -0.39 is 5.97 Å². The molecule has 5 heteroatoms. The van der Waals surface area contributed by atoms with E-state index in [2.05, 4.69) is 16.9 Å². The maximum Gasteiger partial charge on any atom is 0.418 e. The van der Waals surface area contributed by atoms with E-state index >= 15 is 0 Å². The van der Waals surface area contributed by atoms with Crippen LogP contribution in [0.15, 0.2) is 47.4 Å². The van der Waals surface area contributed by atoms with Crippen molar-refractivity contribution in [1.82, 2.24) is 0 Å². The molecule has 0 spiro atoms. The highest BCUT2D eigenvalue weighted by Gasteiger charge is 2.32. The van der Waals surface area contributed by atoms with Crippen molar-refractivity contribution < 1.29 is 14.3 Å².